The maximum absolute atomic E-state index is 12.9. The number of benzene rings is 1. The first-order valence-corrected chi connectivity index (χ1v) is 7.96. The van der Waals surface area contributed by atoms with Gasteiger partial charge in [0.2, 0.25) is 0 Å². The van der Waals surface area contributed by atoms with Gasteiger partial charge in [0.25, 0.3) is 0 Å². The Bertz CT molecular complexity index is 659. The van der Waals surface area contributed by atoms with Crippen LogP contribution in [0, 0.1) is 0 Å². The molecule has 0 saturated carbocycles. The van der Waals surface area contributed by atoms with Crippen LogP contribution in [-0.4, -0.2) is 35.1 Å². The number of hydrogen-bond donors (Lipinski definition) is 0. The molecule has 0 amide bonds. The summed E-state index contributed by atoms with van der Waals surface area (Å²) in [5.74, 6) is 1.09. The molecule has 3 nitrogen and oxygen atoms in total. The highest BCUT2D eigenvalue weighted by Crippen LogP contribution is 2.32. The van der Waals surface area contributed by atoms with Crippen LogP contribution in [0.5, 0.6) is 0 Å². The van der Waals surface area contributed by atoms with E-state index in [9.17, 15) is 13.2 Å². The predicted octanol–water partition coefficient (Wildman–Crippen LogP) is 4.52. The van der Waals surface area contributed by atoms with Crippen molar-refractivity contribution >= 4 is 11.0 Å². The van der Waals surface area contributed by atoms with E-state index in [0.29, 0.717) is 5.52 Å². The molecule has 0 saturated heterocycles. The van der Waals surface area contributed by atoms with Crippen molar-refractivity contribution in [2.45, 2.75) is 45.3 Å². The quantitative estimate of drug-likeness (QED) is 0.778. The maximum atomic E-state index is 12.9. The normalized spacial score (nSPS) is 13.9. The Morgan fingerprint density at radius 2 is 1.96 bits per heavy atom. The van der Waals surface area contributed by atoms with Crippen molar-refractivity contribution in [3.8, 4) is 0 Å². The molecule has 0 bridgehead atoms. The molecule has 0 aliphatic carbocycles. The molecule has 128 valence electrons. The lowest BCUT2D eigenvalue weighted by Gasteiger charge is -2.15. The Hall–Kier alpha value is -1.56. The van der Waals surface area contributed by atoms with Gasteiger partial charge in [0.05, 0.1) is 16.6 Å². The molecule has 0 aliphatic heterocycles. The molecular weight excluding hydrogens is 303 g/mol. The number of nitrogens with zero attached hydrogens (tertiary/aromatic N) is 3. The van der Waals surface area contributed by atoms with Crippen LogP contribution >= 0.6 is 0 Å². The van der Waals surface area contributed by atoms with Crippen molar-refractivity contribution < 1.29 is 13.2 Å². The molecule has 23 heavy (non-hydrogen) atoms. The summed E-state index contributed by atoms with van der Waals surface area (Å²) in [6.45, 7) is 5.82. The lowest BCUT2D eigenvalue weighted by atomic mass is 10.1. The Kier molecular flexibility index (Phi) is 5.34. The summed E-state index contributed by atoms with van der Waals surface area (Å²) in [4.78, 5) is 6.61. The molecule has 1 aromatic heterocycles. The molecule has 0 radical (unpaired) electrons. The highest BCUT2D eigenvalue weighted by molar-refractivity contribution is 5.77. The number of halogens is 3. The Labute approximate surface area is 135 Å². The number of aromatic nitrogens is 2. The number of fused-ring (bicyclic) bond motifs is 1. The summed E-state index contributed by atoms with van der Waals surface area (Å²) in [5.41, 5.74) is 0.575. The monoisotopic (exact) mass is 327 g/mol. The molecule has 2 aromatic rings. The van der Waals surface area contributed by atoms with Gasteiger partial charge in [-0.1, -0.05) is 13.8 Å². The maximum Gasteiger partial charge on any atom is 0.416 e. The Balaban J connectivity index is 2.44. The standard InChI is InChI=1S/C17H24F3N3/c1-5-12(2)16-21-14-11-13(17(18,19)20)7-8-15(14)23(16)10-6-9-22(3)4/h7-8,11-12H,5-6,9-10H2,1-4H3. The van der Waals surface area contributed by atoms with Gasteiger partial charge in [-0.05, 0) is 51.7 Å². The second-order valence-corrected chi connectivity index (χ2v) is 6.29. The highest BCUT2D eigenvalue weighted by atomic mass is 19.4. The summed E-state index contributed by atoms with van der Waals surface area (Å²) < 4.78 is 40.8. The van der Waals surface area contributed by atoms with Gasteiger partial charge in [-0.25, -0.2) is 4.98 Å². The molecule has 0 fully saturated rings. The molecular formula is C17H24F3N3. The van der Waals surface area contributed by atoms with Crippen LogP contribution in [0.25, 0.3) is 11.0 Å². The van der Waals surface area contributed by atoms with Crippen LogP contribution in [0.3, 0.4) is 0 Å². The average molecular weight is 327 g/mol. The van der Waals surface area contributed by atoms with Crippen molar-refractivity contribution in [3.63, 3.8) is 0 Å². The van der Waals surface area contributed by atoms with E-state index in [4.69, 9.17) is 0 Å². The highest BCUT2D eigenvalue weighted by Gasteiger charge is 2.31. The van der Waals surface area contributed by atoms with E-state index in [-0.39, 0.29) is 5.92 Å². The fourth-order valence-corrected chi connectivity index (χ4v) is 2.66. The Morgan fingerprint density at radius 1 is 1.26 bits per heavy atom. The van der Waals surface area contributed by atoms with Crippen LogP contribution in [-0.2, 0) is 12.7 Å². The van der Waals surface area contributed by atoms with Crippen molar-refractivity contribution in [3.05, 3.63) is 29.6 Å². The van der Waals surface area contributed by atoms with E-state index in [1.165, 1.54) is 0 Å². The molecule has 2 rings (SSSR count). The van der Waals surface area contributed by atoms with Crippen molar-refractivity contribution in [2.24, 2.45) is 0 Å². The van der Waals surface area contributed by atoms with Gasteiger partial charge in [0.15, 0.2) is 0 Å². The summed E-state index contributed by atoms with van der Waals surface area (Å²) in [6, 6.07) is 3.85. The molecule has 0 N–H and O–H groups in total. The number of rotatable bonds is 6. The molecule has 0 aliphatic rings. The molecule has 6 heteroatoms. The molecule has 1 unspecified atom stereocenters. The first kappa shape index (κ1) is 17.8. The average Bonchev–Trinajstić information content (AvgIpc) is 2.83. The van der Waals surface area contributed by atoms with Gasteiger partial charge in [0.1, 0.15) is 5.82 Å². The van der Waals surface area contributed by atoms with E-state index in [1.54, 1.807) is 6.07 Å². The molecule has 0 spiro atoms. The van der Waals surface area contributed by atoms with Crippen molar-refractivity contribution in [1.82, 2.24) is 14.5 Å². The first-order valence-electron chi connectivity index (χ1n) is 7.96. The van der Waals surface area contributed by atoms with E-state index < -0.39 is 11.7 Å². The van der Waals surface area contributed by atoms with E-state index in [2.05, 4.69) is 28.3 Å². The van der Waals surface area contributed by atoms with Crippen LogP contribution in [0.1, 0.15) is 44.0 Å². The topological polar surface area (TPSA) is 21.1 Å². The van der Waals surface area contributed by atoms with E-state index >= 15 is 0 Å². The van der Waals surface area contributed by atoms with Gasteiger partial charge in [0, 0.05) is 12.5 Å². The van der Waals surface area contributed by atoms with Crippen molar-refractivity contribution in [2.75, 3.05) is 20.6 Å². The van der Waals surface area contributed by atoms with E-state index in [1.807, 2.05) is 14.1 Å². The third-order valence-electron chi connectivity index (χ3n) is 4.15. The minimum atomic E-state index is -4.33. The van der Waals surface area contributed by atoms with Gasteiger partial charge >= 0.3 is 6.18 Å². The fourth-order valence-electron chi connectivity index (χ4n) is 2.66. The fraction of sp³-hybridized carbons (Fsp3) is 0.588. The summed E-state index contributed by atoms with van der Waals surface area (Å²) >= 11 is 0. The van der Waals surface area contributed by atoms with Gasteiger partial charge in [-0.15, -0.1) is 0 Å². The van der Waals surface area contributed by atoms with Crippen molar-refractivity contribution in [1.29, 1.82) is 0 Å². The third-order valence-corrected chi connectivity index (χ3v) is 4.15. The minimum Gasteiger partial charge on any atom is -0.328 e. The number of hydrogen-bond acceptors (Lipinski definition) is 2. The zero-order valence-electron chi connectivity index (χ0n) is 14.1. The van der Waals surface area contributed by atoms with Gasteiger partial charge < -0.3 is 9.47 Å². The second-order valence-electron chi connectivity index (χ2n) is 6.29. The number of aryl methyl sites for hydroxylation is 1. The Morgan fingerprint density at radius 3 is 2.52 bits per heavy atom. The number of imidazole rings is 1. The molecule has 1 aromatic carbocycles. The lowest BCUT2D eigenvalue weighted by molar-refractivity contribution is -0.137. The number of alkyl halides is 3. The smallest absolute Gasteiger partial charge is 0.328 e. The van der Waals surface area contributed by atoms with Crippen LogP contribution in [0.4, 0.5) is 13.2 Å². The summed E-state index contributed by atoms with van der Waals surface area (Å²) in [6.07, 6.45) is -2.49. The zero-order valence-corrected chi connectivity index (χ0v) is 14.1. The van der Waals surface area contributed by atoms with Gasteiger partial charge in [-0.2, -0.15) is 13.2 Å². The predicted molar refractivity (Wildman–Crippen MR) is 86.6 cm³/mol. The SMILES string of the molecule is CCC(C)c1nc2cc(C(F)(F)F)ccc2n1CCCN(C)C. The molecule has 1 heterocycles. The van der Waals surface area contributed by atoms with Crippen LogP contribution < -0.4 is 0 Å². The minimum absolute atomic E-state index is 0.219. The van der Waals surface area contributed by atoms with Crippen LogP contribution in [0.15, 0.2) is 18.2 Å². The largest absolute Gasteiger partial charge is 0.416 e. The summed E-state index contributed by atoms with van der Waals surface area (Å²) in [5, 5.41) is 0. The zero-order chi connectivity index (χ0) is 17.2. The molecule has 1 atom stereocenters. The second kappa shape index (κ2) is 6.91. The lowest BCUT2D eigenvalue weighted by Crippen LogP contribution is -2.16. The third kappa shape index (κ3) is 4.05. The van der Waals surface area contributed by atoms with Crippen LogP contribution in [0.2, 0.25) is 0 Å². The first-order chi connectivity index (χ1) is 10.7. The van der Waals surface area contributed by atoms with E-state index in [0.717, 1.165) is 49.4 Å². The van der Waals surface area contributed by atoms with Gasteiger partial charge in [-0.3, -0.25) is 0 Å². The summed E-state index contributed by atoms with van der Waals surface area (Å²) in [7, 11) is 4.02.